The maximum Gasteiger partial charge on any atom is -0.00524 e. The summed E-state index contributed by atoms with van der Waals surface area (Å²) in [5.74, 6) is 1.82. The van der Waals surface area contributed by atoms with E-state index in [4.69, 9.17) is 12.2 Å². The van der Waals surface area contributed by atoms with Crippen LogP contribution >= 0.6 is 37.5 Å². The first-order valence-electron chi connectivity index (χ1n) is 3.04. The molecular formula is C6H12S3. The molecule has 3 heteroatoms. The van der Waals surface area contributed by atoms with E-state index in [9.17, 15) is 0 Å². The van der Waals surface area contributed by atoms with Gasteiger partial charge in [0, 0.05) is 0 Å². The van der Waals surface area contributed by atoms with E-state index in [0.717, 1.165) is 35.6 Å². The van der Waals surface area contributed by atoms with Crippen LogP contribution in [-0.4, -0.2) is 16.4 Å². The molecule has 0 aromatic carbocycles. The normalized spacial score (nSPS) is 9.56. The molecule has 0 radical (unpaired) electrons. The van der Waals surface area contributed by atoms with Crippen LogP contribution in [0.1, 0.15) is 19.3 Å². The van der Waals surface area contributed by atoms with E-state index in [1.165, 1.54) is 0 Å². The second-order valence-electron chi connectivity index (χ2n) is 1.84. The Labute approximate surface area is 73.2 Å². The number of thiocarbonyl (C=S) groups is 1. The van der Waals surface area contributed by atoms with Gasteiger partial charge in [-0.1, -0.05) is 12.2 Å². The average molecular weight is 180 g/mol. The van der Waals surface area contributed by atoms with Crippen LogP contribution in [0.4, 0.5) is 0 Å². The molecule has 0 aromatic heterocycles. The Balaban J connectivity index is 3.06. The fourth-order valence-corrected chi connectivity index (χ4v) is 1.35. The Bertz CT molecular complexity index is 80.4. The van der Waals surface area contributed by atoms with Crippen molar-refractivity contribution >= 4 is 42.3 Å². The van der Waals surface area contributed by atoms with E-state index < -0.39 is 0 Å². The smallest absolute Gasteiger partial charge is 0.00524 e. The first-order valence-corrected chi connectivity index (χ1v) is 4.72. The number of thiol groups is 2. The van der Waals surface area contributed by atoms with Gasteiger partial charge < -0.3 is 0 Å². The van der Waals surface area contributed by atoms with Crippen molar-refractivity contribution in [3.63, 3.8) is 0 Å². The van der Waals surface area contributed by atoms with Gasteiger partial charge in [0.25, 0.3) is 0 Å². The van der Waals surface area contributed by atoms with Crippen molar-refractivity contribution in [1.29, 1.82) is 0 Å². The predicted octanol–water partition coefficient (Wildman–Crippen LogP) is 2.39. The summed E-state index contributed by atoms with van der Waals surface area (Å²) in [6.45, 7) is 0. The molecule has 0 unspecified atom stereocenters. The molecule has 0 heterocycles. The molecule has 0 fully saturated rings. The molecule has 0 nitrogen and oxygen atoms in total. The van der Waals surface area contributed by atoms with Crippen molar-refractivity contribution in [1.82, 2.24) is 0 Å². The molecule has 0 spiro atoms. The Morgan fingerprint density at radius 1 is 1.11 bits per heavy atom. The van der Waals surface area contributed by atoms with Crippen molar-refractivity contribution < 1.29 is 0 Å². The maximum atomic E-state index is 5.04. The zero-order valence-corrected chi connectivity index (χ0v) is 7.94. The average Bonchev–Trinajstić information content (AvgIpc) is 1.85. The molecule has 9 heavy (non-hydrogen) atoms. The van der Waals surface area contributed by atoms with Crippen LogP contribution in [0.2, 0.25) is 0 Å². The highest BCUT2D eigenvalue weighted by molar-refractivity contribution is 7.81. The summed E-state index contributed by atoms with van der Waals surface area (Å²) in [6.07, 6.45) is 3.13. The van der Waals surface area contributed by atoms with Gasteiger partial charge in [0.05, 0.1) is 0 Å². The lowest BCUT2D eigenvalue weighted by Gasteiger charge is -1.97. The van der Waals surface area contributed by atoms with E-state index in [0.29, 0.717) is 0 Å². The molecule has 54 valence electrons. The zero-order chi connectivity index (χ0) is 7.11. The fourth-order valence-electron chi connectivity index (χ4n) is 0.526. The van der Waals surface area contributed by atoms with Gasteiger partial charge >= 0.3 is 0 Å². The van der Waals surface area contributed by atoms with Gasteiger partial charge in [-0.2, -0.15) is 25.3 Å². The molecule has 0 atom stereocenters. The summed E-state index contributed by atoms with van der Waals surface area (Å²) < 4.78 is 0. The second-order valence-corrected chi connectivity index (χ2v) is 3.31. The fraction of sp³-hybridized carbons (Fsp3) is 0.833. The van der Waals surface area contributed by atoms with Crippen molar-refractivity contribution in [2.75, 3.05) is 11.5 Å². The van der Waals surface area contributed by atoms with Gasteiger partial charge in [-0.15, -0.1) is 0 Å². The highest BCUT2D eigenvalue weighted by Gasteiger charge is 1.92. The molecule has 0 aliphatic carbocycles. The highest BCUT2D eigenvalue weighted by atomic mass is 32.1. The van der Waals surface area contributed by atoms with Gasteiger partial charge in [-0.3, -0.25) is 0 Å². The molecule has 0 saturated heterocycles. The third kappa shape index (κ3) is 6.68. The number of rotatable bonds is 5. The Kier molecular flexibility index (Phi) is 7.51. The highest BCUT2D eigenvalue weighted by Crippen LogP contribution is 1.99. The number of hydrogen-bond acceptors (Lipinski definition) is 3. The summed E-state index contributed by atoms with van der Waals surface area (Å²) in [7, 11) is 0. The third-order valence-electron chi connectivity index (χ3n) is 1.00. The van der Waals surface area contributed by atoms with E-state index in [-0.39, 0.29) is 0 Å². The van der Waals surface area contributed by atoms with E-state index in [2.05, 4.69) is 25.3 Å². The van der Waals surface area contributed by atoms with Gasteiger partial charge in [0.1, 0.15) is 0 Å². The summed E-state index contributed by atoms with van der Waals surface area (Å²) in [5, 5.41) is 0. The third-order valence-corrected chi connectivity index (χ3v) is 1.95. The minimum atomic E-state index is 0.880. The monoisotopic (exact) mass is 180 g/mol. The van der Waals surface area contributed by atoms with Crippen LogP contribution in [0.15, 0.2) is 0 Å². The molecule has 0 bridgehead atoms. The molecule has 0 N–H and O–H groups in total. The molecule has 0 amide bonds. The minimum Gasteiger partial charge on any atom is -0.179 e. The summed E-state index contributed by atoms with van der Waals surface area (Å²) in [5.41, 5.74) is 0. The maximum absolute atomic E-state index is 5.04. The van der Waals surface area contributed by atoms with E-state index in [1.807, 2.05) is 0 Å². The van der Waals surface area contributed by atoms with Crippen molar-refractivity contribution in [2.24, 2.45) is 0 Å². The van der Waals surface area contributed by atoms with Crippen molar-refractivity contribution in [2.45, 2.75) is 19.3 Å². The summed E-state index contributed by atoms with van der Waals surface area (Å²) in [6, 6.07) is 0. The van der Waals surface area contributed by atoms with Crippen LogP contribution in [0.25, 0.3) is 0 Å². The molecule has 0 aliphatic heterocycles. The van der Waals surface area contributed by atoms with Crippen LogP contribution in [0.5, 0.6) is 0 Å². The Hall–Kier alpha value is 0.790. The molecule has 0 saturated carbocycles. The first kappa shape index (κ1) is 9.79. The summed E-state index contributed by atoms with van der Waals surface area (Å²) in [4.78, 5) is 1.14. The van der Waals surface area contributed by atoms with Crippen LogP contribution in [0, 0.1) is 0 Å². The Morgan fingerprint density at radius 2 is 1.78 bits per heavy atom. The van der Waals surface area contributed by atoms with Crippen LogP contribution < -0.4 is 0 Å². The van der Waals surface area contributed by atoms with E-state index in [1.54, 1.807) is 0 Å². The largest absolute Gasteiger partial charge is 0.179 e. The minimum absolute atomic E-state index is 0.880. The van der Waals surface area contributed by atoms with Gasteiger partial charge in [-0.25, -0.2) is 0 Å². The summed E-state index contributed by atoms with van der Waals surface area (Å²) >= 11 is 13.2. The lowest BCUT2D eigenvalue weighted by molar-refractivity contribution is 1.00. The molecular weight excluding hydrogens is 168 g/mol. The van der Waals surface area contributed by atoms with Crippen molar-refractivity contribution in [3.05, 3.63) is 0 Å². The lowest BCUT2D eigenvalue weighted by Crippen LogP contribution is -1.95. The molecule has 0 aliphatic rings. The van der Waals surface area contributed by atoms with Crippen LogP contribution in [-0.2, 0) is 0 Å². The van der Waals surface area contributed by atoms with Gasteiger partial charge in [-0.05, 0) is 35.6 Å². The molecule has 0 aromatic rings. The van der Waals surface area contributed by atoms with Gasteiger partial charge in [0.15, 0.2) is 0 Å². The standard InChI is InChI=1S/C6H12S3/c7-4-1-2-6(9)3-5-8/h7-8H,1-5H2. The topological polar surface area (TPSA) is 0 Å². The van der Waals surface area contributed by atoms with Crippen LogP contribution in [0.3, 0.4) is 0 Å². The van der Waals surface area contributed by atoms with Gasteiger partial charge in [0.2, 0.25) is 0 Å². The lowest BCUT2D eigenvalue weighted by atomic mass is 10.2. The number of hydrogen-bond donors (Lipinski definition) is 2. The molecule has 0 rings (SSSR count). The second kappa shape index (κ2) is 6.90. The van der Waals surface area contributed by atoms with Crippen molar-refractivity contribution in [3.8, 4) is 0 Å². The SMILES string of the molecule is S=C(CCS)CCCS. The van der Waals surface area contributed by atoms with E-state index >= 15 is 0 Å². The first-order chi connectivity index (χ1) is 4.31. The predicted molar refractivity (Wildman–Crippen MR) is 54.2 cm³/mol. The Morgan fingerprint density at radius 3 is 2.22 bits per heavy atom. The quantitative estimate of drug-likeness (QED) is 0.484. The zero-order valence-electron chi connectivity index (χ0n) is 5.34.